The molecular formula is C17H37N3O. The van der Waals surface area contributed by atoms with Crippen LogP contribution in [0.5, 0.6) is 0 Å². The Balaban J connectivity index is 2.73. The van der Waals surface area contributed by atoms with Crippen LogP contribution in [0.25, 0.3) is 0 Å². The van der Waals surface area contributed by atoms with Gasteiger partial charge in [0.1, 0.15) is 0 Å². The van der Waals surface area contributed by atoms with Crippen LogP contribution in [0, 0.1) is 11.8 Å². The van der Waals surface area contributed by atoms with Crippen molar-refractivity contribution >= 4 is 0 Å². The number of nitrogens with zero attached hydrogens (tertiary/aromatic N) is 2. The van der Waals surface area contributed by atoms with Crippen molar-refractivity contribution in [1.29, 1.82) is 0 Å². The van der Waals surface area contributed by atoms with Gasteiger partial charge >= 0.3 is 0 Å². The topological polar surface area (TPSA) is 38.7 Å². The van der Waals surface area contributed by atoms with Gasteiger partial charge in [0.05, 0.1) is 12.1 Å². The maximum absolute atomic E-state index is 10.1. The van der Waals surface area contributed by atoms with Gasteiger partial charge in [-0.15, -0.1) is 0 Å². The highest BCUT2D eigenvalue weighted by molar-refractivity contribution is 5.03. The zero-order valence-electron chi connectivity index (χ0n) is 15.0. The van der Waals surface area contributed by atoms with Gasteiger partial charge in [0, 0.05) is 32.2 Å². The number of aliphatic hydroxyl groups is 1. The van der Waals surface area contributed by atoms with E-state index in [1.165, 1.54) is 12.8 Å². The highest BCUT2D eigenvalue weighted by Gasteiger charge is 2.45. The molecule has 0 saturated heterocycles. The molecule has 0 heterocycles. The second-order valence-electron chi connectivity index (χ2n) is 7.82. The van der Waals surface area contributed by atoms with E-state index in [0.29, 0.717) is 17.9 Å². The summed E-state index contributed by atoms with van der Waals surface area (Å²) in [6, 6.07) is 0.410. The smallest absolute Gasteiger partial charge is 0.0628 e. The first-order valence-electron chi connectivity index (χ1n) is 8.54. The first kappa shape index (κ1) is 18.9. The van der Waals surface area contributed by atoms with E-state index in [-0.39, 0.29) is 12.1 Å². The fraction of sp³-hybridized carbons (Fsp3) is 1.00. The molecule has 1 fully saturated rings. The highest BCUT2D eigenvalue weighted by atomic mass is 16.3. The Morgan fingerprint density at radius 3 is 2.14 bits per heavy atom. The Hall–Kier alpha value is -0.160. The van der Waals surface area contributed by atoms with Crippen LogP contribution >= 0.6 is 0 Å². The molecule has 0 aliphatic heterocycles. The van der Waals surface area contributed by atoms with Crippen LogP contribution in [0.2, 0.25) is 0 Å². The normalized spacial score (nSPS) is 19.0. The van der Waals surface area contributed by atoms with Crippen LogP contribution in [0.15, 0.2) is 0 Å². The molecule has 21 heavy (non-hydrogen) atoms. The number of hydrogen-bond acceptors (Lipinski definition) is 4. The zero-order chi connectivity index (χ0) is 16.0. The van der Waals surface area contributed by atoms with Crippen molar-refractivity contribution in [3.8, 4) is 0 Å². The van der Waals surface area contributed by atoms with E-state index in [4.69, 9.17) is 0 Å². The Bertz CT molecular complexity index is 290. The third-order valence-electron chi connectivity index (χ3n) is 4.21. The summed E-state index contributed by atoms with van der Waals surface area (Å²) in [6.45, 7) is 13.3. The molecule has 0 aromatic carbocycles. The first-order valence-corrected chi connectivity index (χ1v) is 8.54. The standard InChI is InChI=1S/C17H37N3O/c1-14(2)11-20(10-9-19(5)6)12-17(13-21,16-7-8-16)18-15(3)4/h14-16,18,21H,7-13H2,1-6H3. The fourth-order valence-corrected chi connectivity index (χ4v) is 3.22. The van der Waals surface area contributed by atoms with E-state index in [1.54, 1.807) is 0 Å². The van der Waals surface area contributed by atoms with E-state index in [0.717, 1.165) is 26.2 Å². The summed E-state index contributed by atoms with van der Waals surface area (Å²) in [5.74, 6) is 1.29. The molecule has 2 N–H and O–H groups in total. The summed E-state index contributed by atoms with van der Waals surface area (Å²) in [6.07, 6.45) is 2.51. The predicted molar refractivity (Wildman–Crippen MR) is 90.6 cm³/mol. The van der Waals surface area contributed by atoms with Crippen molar-refractivity contribution in [2.45, 2.75) is 52.1 Å². The molecule has 1 unspecified atom stereocenters. The van der Waals surface area contributed by atoms with Gasteiger partial charge in [-0.2, -0.15) is 0 Å². The number of hydrogen-bond donors (Lipinski definition) is 2. The van der Waals surface area contributed by atoms with Crippen molar-refractivity contribution in [2.75, 3.05) is 46.9 Å². The van der Waals surface area contributed by atoms with Crippen molar-refractivity contribution < 1.29 is 5.11 Å². The lowest BCUT2D eigenvalue weighted by atomic mass is 9.91. The average molecular weight is 300 g/mol. The van der Waals surface area contributed by atoms with Crippen LogP contribution in [-0.2, 0) is 0 Å². The molecule has 0 bridgehead atoms. The summed E-state index contributed by atoms with van der Waals surface area (Å²) in [7, 11) is 4.25. The fourth-order valence-electron chi connectivity index (χ4n) is 3.22. The molecule has 0 spiro atoms. The Morgan fingerprint density at radius 2 is 1.76 bits per heavy atom. The molecule has 0 aromatic rings. The molecule has 4 nitrogen and oxygen atoms in total. The molecule has 126 valence electrons. The third kappa shape index (κ3) is 6.64. The average Bonchev–Trinajstić information content (AvgIpc) is 3.18. The SMILES string of the molecule is CC(C)CN(CCN(C)C)CC(CO)(NC(C)C)C1CC1. The van der Waals surface area contributed by atoms with Gasteiger partial charge in [0.25, 0.3) is 0 Å². The Morgan fingerprint density at radius 1 is 1.14 bits per heavy atom. The van der Waals surface area contributed by atoms with Crippen LogP contribution in [0.1, 0.15) is 40.5 Å². The van der Waals surface area contributed by atoms with Crippen molar-refractivity contribution in [3.05, 3.63) is 0 Å². The van der Waals surface area contributed by atoms with Crippen molar-refractivity contribution in [3.63, 3.8) is 0 Å². The molecular weight excluding hydrogens is 262 g/mol. The molecule has 1 aliphatic rings. The summed E-state index contributed by atoms with van der Waals surface area (Å²) in [4.78, 5) is 4.77. The molecule has 0 radical (unpaired) electrons. The number of aliphatic hydroxyl groups excluding tert-OH is 1. The lowest BCUT2D eigenvalue weighted by Crippen LogP contribution is -2.60. The molecule has 1 saturated carbocycles. The van der Waals surface area contributed by atoms with Gasteiger partial charge in [-0.25, -0.2) is 0 Å². The molecule has 4 heteroatoms. The lowest BCUT2D eigenvalue weighted by molar-refractivity contribution is 0.0755. The molecule has 1 atom stereocenters. The van der Waals surface area contributed by atoms with Crippen LogP contribution < -0.4 is 5.32 Å². The number of likely N-dealkylation sites (N-methyl/N-ethyl adjacent to an activating group) is 1. The summed E-state index contributed by atoms with van der Waals surface area (Å²) < 4.78 is 0. The molecule has 0 amide bonds. The quantitative estimate of drug-likeness (QED) is 0.608. The summed E-state index contributed by atoms with van der Waals surface area (Å²) >= 11 is 0. The Labute approximate surface area is 131 Å². The lowest BCUT2D eigenvalue weighted by Gasteiger charge is -2.40. The largest absolute Gasteiger partial charge is 0.394 e. The van der Waals surface area contributed by atoms with Crippen molar-refractivity contribution in [2.24, 2.45) is 11.8 Å². The Kier molecular flexibility index (Phi) is 7.62. The van der Waals surface area contributed by atoms with Gasteiger partial charge in [-0.1, -0.05) is 27.7 Å². The minimum absolute atomic E-state index is 0.116. The molecule has 1 rings (SSSR count). The van der Waals surface area contributed by atoms with Gasteiger partial charge in [-0.05, 0) is 38.8 Å². The van der Waals surface area contributed by atoms with Crippen LogP contribution in [0.3, 0.4) is 0 Å². The minimum Gasteiger partial charge on any atom is -0.394 e. The molecule has 0 aromatic heterocycles. The van der Waals surface area contributed by atoms with Gasteiger partial charge in [0.2, 0.25) is 0 Å². The van der Waals surface area contributed by atoms with Gasteiger partial charge in [-0.3, -0.25) is 4.90 Å². The summed E-state index contributed by atoms with van der Waals surface area (Å²) in [5, 5.41) is 13.8. The van der Waals surface area contributed by atoms with Crippen LogP contribution in [0.4, 0.5) is 0 Å². The third-order valence-corrected chi connectivity index (χ3v) is 4.21. The summed E-state index contributed by atoms with van der Waals surface area (Å²) in [5.41, 5.74) is -0.116. The van der Waals surface area contributed by atoms with E-state index in [1.807, 2.05) is 0 Å². The number of rotatable bonds is 11. The second-order valence-corrected chi connectivity index (χ2v) is 7.82. The van der Waals surface area contributed by atoms with Crippen LogP contribution in [-0.4, -0.2) is 73.4 Å². The van der Waals surface area contributed by atoms with E-state index in [2.05, 4.69) is 56.9 Å². The van der Waals surface area contributed by atoms with E-state index < -0.39 is 0 Å². The molecule has 1 aliphatic carbocycles. The zero-order valence-corrected chi connectivity index (χ0v) is 15.0. The maximum atomic E-state index is 10.1. The maximum Gasteiger partial charge on any atom is 0.0628 e. The second kappa shape index (κ2) is 8.47. The number of nitrogens with one attached hydrogen (secondary N) is 1. The first-order chi connectivity index (χ1) is 9.79. The van der Waals surface area contributed by atoms with E-state index >= 15 is 0 Å². The van der Waals surface area contributed by atoms with Gasteiger partial charge < -0.3 is 15.3 Å². The van der Waals surface area contributed by atoms with E-state index in [9.17, 15) is 5.11 Å². The highest BCUT2D eigenvalue weighted by Crippen LogP contribution is 2.40. The minimum atomic E-state index is -0.116. The van der Waals surface area contributed by atoms with Crippen molar-refractivity contribution in [1.82, 2.24) is 15.1 Å². The predicted octanol–water partition coefficient (Wildman–Crippen LogP) is 1.65. The van der Waals surface area contributed by atoms with Gasteiger partial charge in [0.15, 0.2) is 0 Å². The monoisotopic (exact) mass is 299 g/mol.